The molecule has 20 heavy (non-hydrogen) atoms. The van der Waals surface area contributed by atoms with Crippen LogP contribution in [0.1, 0.15) is 10.4 Å². The fraction of sp³-hybridized carbons (Fsp3) is 0. The van der Waals surface area contributed by atoms with Crippen molar-refractivity contribution in [2.45, 2.75) is 0 Å². The van der Waals surface area contributed by atoms with Gasteiger partial charge in [0.15, 0.2) is 17.3 Å². The fourth-order valence-electron chi connectivity index (χ4n) is 1.93. The van der Waals surface area contributed by atoms with Crippen molar-refractivity contribution >= 4 is 17.9 Å². The standard InChI is InChI=1S/C14H9ClN4O/c15-12-6-7-13(18-17-12)19-14(11(9-20)8-16-19)10-4-2-1-3-5-10/h1-9H. The van der Waals surface area contributed by atoms with Crippen LogP contribution in [0.2, 0.25) is 5.15 Å². The molecule has 1 aromatic carbocycles. The third-order valence-corrected chi connectivity index (χ3v) is 3.01. The largest absolute Gasteiger partial charge is 0.298 e. The summed E-state index contributed by atoms with van der Waals surface area (Å²) in [6.45, 7) is 0. The second kappa shape index (κ2) is 5.22. The van der Waals surface area contributed by atoms with Crippen LogP contribution in [0.25, 0.3) is 17.1 Å². The van der Waals surface area contributed by atoms with Gasteiger partial charge < -0.3 is 0 Å². The van der Waals surface area contributed by atoms with E-state index in [4.69, 9.17) is 11.6 Å². The van der Waals surface area contributed by atoms with Crippen LogP contribution in [-0.2, 0) is 0 Å². The van der Waals surface area contributed by atoms with Gasteiger partial charge in [-0.3, -0.25) is 4.79 Å². The molecule has 0 N–H and O–H groups in total. The van der Waals surface area contributed by atoms with Gasteiger partial charge in [-0.2, -0.15) is 5.10 Å². The van der Waals surface area contributed by atoms with E-state index in [0.717, 1.165) is 11.8 Å². The molecule has 2 heterocycles. The third-order valence-electron chi connectivity index (χ3n) is 2.81. The van der Waals surface area contributed by atoms with Crippen molar-refractivity contribution in [1.29, 1.82) is 0 Å². The Morgan fingerprint density at radius 2 is 1.85 bits per heavy atom. The monoisotopic (exact) mass is 284 g/mol. The van der Waals surface area contributed by atoms with Gasteiger partial charge >= 0.3 is 0 Å². The van der Waals surface area contributed by atoms with Gasteiger partial charge in [0.1, 0.15) is 0 Å². The Morgan fingerprint density at radius 3 is 2.50 bits per heavy atom. The topological polar surface area (TPSA) is 60.7 Å². The first-order valence-electron chi connectivity index (χ1n) is 5.88. The minimum Gasteiger partial charge on any atom is -0.298 e. The summed E-state index contributed by atoms with van der Waals surface area (Å²) in [4.78, 5) is 11.2. The van der Waals surface area contributed by atoms with E-state index in [1.807, 2.05) is 30.3 Å². The van der Waals surface area contributed by atoms with Crippen molar-refractivity contribution in [3.63, 3.8) is 0 Å². The van der Waals surface area contributed by atoms with Crippen LogP contribution < -0.4 is 0 Å². The summed E-state index contributed by atoms with van der Waals surface area (Å²) in [6.07, 6.45) is 2.28. The molecule has 0 aliphatic carbocycles. The average molecular weight is 285 g/mol. The lowest BCUT2D eigenvalue weighted by Crippen LogP contribution is -2.03. The molecule has 6 heteroatoms. The molecule has 0 atom stereocenters. The maximum absolute atomic E-state index is 11.2. The molecule has 0 aliphatic rings. The summed E-state index contributed by atoms with van der Waals surface area (Å²) < 4.78 is 1.57. The Bertz CT molecular complexity index is 738. The number of carbonyl (C=O) groups excluding carboxylic acids is 1. The Labute approximate surface area is 119 Å². The molecule has 0 saturated heterocycles. The molecule has 3 aromatic rings. The molecule has 98 valence electrons. The molecule has 0 fully saturated rings. The fourth-order valence-corrected chi connectivity index (χ4v) is 2.03. The van der Waals surface area contributed by atoms with Crippen molar-refractivity contribution in [3.8, 4) is 17.1 Å². The van der Waals surface area contributed by atoms with E-state index >= 15 is 0 Å². The lowest BCUT2D eigenvalue weighted by atomic mass is 10.1. The van der Waals surface area contributed by atoms with E-state index in [9.17, 15) is 4.79 Å². The summed E-state index contributed by atoms with van der Waals surface area (Å²) >= 11 is 5.73. The van der Waals surface area contributed by atoms with Gasteiger partial charge in [-0.05, 0) is 12.1 Å². The van der Waals surface area contributed by atoms with Crippen LogP contribution in [0.15, 0.2) is 48.7 Å². The van der Waals surface area contributed by atoms with E-state index in [2.05, 4.69) is 15.3 Å². The highest BCUT2D eigenvalue weighted by Crippen LogP contribution is 2.24. The van der Waals surface area contributed by atoms with Gasteiger partial charge in [-0.25, -0.2) is 4.68 Å². The summed E-state index contributed by atoms with van der Waals surface area (Å²) in [5, 5.41) is 12.3. The van der Waals surface area contributed by atoms with Gasteiger partial charge in [-0.1, -0.05) is 41.9 Å². The molecule has 0 aliphatic heterocycles. The van der Waals surface area contributed by atoms with Gasteiger partial charge in [0.05, 0.1) is 17.5 Å². The van der Waals surface area contributed by atoms with Crippen LogP contribution in [-0.4, -0.2) is 26.3 Å². The molecule has 0 radical (unpaired) electrons. The van der Waals surface area contributed by atoms with Crippen LogP contribution in [0.3, 0.4) is 0 Å². The molecule has 2 aromatic heterocycles. The number of halogens is 1. The quantitative estimate of drug-likeness (QED) is 0.694. The third kappa shape index (κ3) is 2.19. The van der Waals surface area contributed by atoms with Crippen molar-refractivity contribution in [2.24, 2.45) is 0 Å². The van der Waals surface area contributed by atoms with Gasteiger partial charge in [0.2, 0.25) is 0 Å². The Morgan fingerprint density at radius 1 is 1.05 bits per heavy atom. The number of aldehydes is 1. The number of benzene rings is 1. The van der Waals surface area contributed by atoms with Crippen LogP contribution >= 0.6 is 11.6 Å². The second-order valence-electron chi connectivity index (χ2n) is 4.06. The average Bonchev–Trinajstić information content (AvgIpc) is 2.93. The molecule has 0 amide bonds. The predicted molar refractivity (Wildman–Crippen MR) is 75.0 cm³/mol. The highest BCUT2D eigenvalue weighted by atomic mass is 35.5. The maximum Gasteiger partial charge on any atom is 0.176 e. The second-order valence-corrected chi connectivity index (χ2v) is 4.45. The van der Waals surface area contributed by atoms with Crippen molar-refractivity contribution < 1.29 is 4.79 Å². The Hall–Kier alpha value is -2.53. The van der Waals surface area contributed by atoms with Crippen LogP contribution in [0, 0.1) is 0 Å². The first kappa shape index (κ1) is 12.5. The number of nitrogens with zero attached hydrogens (tertiary/aromatic N) is 4. The smallest absolute Gasteiger partial charge is 0.176 e. The highest BCUT2D eigenvalue weighted by Gasteiger charge is 2.14. The van der Waals surface area contributed by atoms with Gasteiger partial charge in [0.25, 0.3) is 0 Å². The van der Waals surface area contributed by atoms with E-state index < -0.39 is 0 Å². The normalized spacial score (nSPS) is 10.4. The minimum atomic E-state index is 0.303. The molecule has 0 saturated carbocycles. The zero-order valence-corrected chi connectivity index (χ0v) is 11.0. The summed E-state index contributed by atoms with van der Waals surface area (Å²) in [7, 11) is 0. The summed E-state index contributed by atoms with van der Waals surface area (Å²) in [6, 6.07) is 12.8. The predicted octanol–water partition coefficient (Wildman–Crippen LogP) is 2.80. The zero-order valence-electron chi connectivity index (χ0n) is 10.3. The molecular formula is C14H9ClN4O. The van der Waals surface area contributed by atoms with Crippen molar-refractivity contribution in [2.75, 3.05) is 0 Å². The van der Waals surface area contributed by atoms with E-state index in [0.29, 0.717) is 22.2 Å². The van der Waals surface area contributed by atoms with Crippen LogP contribution in [0.4, 0.5) is 0 Å². The van der Waals surface area contributed by atoms with Gasteiger partial charge in [0, 0.05) is 5.56 Å². The Kier molecular flexibility index (Phi) is 3.26. The Balaban J connectivity index is 2.20. The first-order chi connectivity index (χ1) is 9.79. The molecule has 3 rings (SSSR count). The number of aromatic nitrogens is 4. The lowest BCUT2D eigenvalue weighted by Gasteiger charge is -2.07. The molecule has 5 nitrogen and oxygen atoms in total. The van der Waals surface area contributed by atoms with E-state index in [1.54, 1.807) is 16.8 Å². The van der Waals surface area contributed by atoms with Gasteiger partial charge in [-0.15, -0.1) is 10.2 Å². The molecule has 0 bridgehead atoms. The SMILES string of the molecule is O=Cc1cnn(-c2ccc(Cl)nn2)c1-c1ccccc1. The first-order valence-corrected chi connectivity index (χ1v) is 6.25. The summed E-state index contributed by atoms with van der Waals surface area (Å²) in [5.74, 6) is 0.501. The van der Waals surface area contributed by atoms with Crippen molar-refractivity contribution in [3.05, 3.63) is 59.4 Å². The molecule has 0 unspecified atom stereocenters. The van der Waals surface area contributed by atoms with Crippen LogP contribution in [0.5, 0.6) is 0 Å². The highest BCUT2D eigenvalue weighted by molar-refractivity contribution is 6.29. The number of hydrogen-bond donors (Lipinski definition) is 0. The minimum absolute atomic E-state index is 0.303. The molecule has 0 spiro atoms. The number of rotatable bonds is 3. The molecular weight excluding hydrogens is 276 g/mol. The van der Waals surface area contributed by atoms with E-state index in [-0.39, 0.29) is 0 Å². The zero-order chi connectivity index (χ0) is 13.9. The van der Waals surface area contributed by atoms with E-state index in [1.165, 1.54) is 6.20 Å². The summed E-state index contributed by atoms with van der Waals surface area (Å²) in [5.41, 5.74) is 2.05. The lowest BCUT2D eigenvalue weighted by molar-refractivity contribution is 0.112. The van der Waals surface area contributed by atoms with Crippen molar-refractivity contribution in [1.82, 2.24) is 20.0 Å². The number of carbonyl (C=O) groups is 1. The number of hydrogen-bond acceptors (Lipinski definition) is 4. The maximum atomic E-state index is 11.2.